The summed E-state index contributed by atoms with van der Waals surface area (Å²) in [4.78, 5) is 12.0. The van der Waals surface area contributed by atoms with Crippen LogP contribution in [-0.2, 0) is 0 Å². The highest BCUT2D eigenvalue weighted by atomic mass is 19.1. The van der Waals surface area contributed by atoms with Crippen LogP contribution in [0.5, 0.6) is 11.5 Å². The molecule has 2 amide bonds. The number of carbonyl (C=O) groups excluding carboxylic acids is 1. The largest absolute Gasteiger partial charge is 0.457 e. The van der Waals surface area contributed by atoms with Crippen LogP contribution >= 0.6 is 0 Å². The maximum absolute atomic E-state index is 13.6. The lowest BCUT2D eigenvalue weighted by molar-refractivity contribution is 0.170. The van der Waals surface area contributed by atoms with E-state index < -0.39 is 18.0 Å². The van der Waals surface area contributed by atoms with Crippen molar-refractivity contribution in [2.24, 2.45) is 0 Å². The number of amides is 2. The van der Waals surface area contributed by atoms with Crippen molar-refractivity contribution in [1.29, 1.82) is 0 Å². The van der Waals surface area contributed by atoms with Crippen LogP contribution in [-0.4, -0.2) is 17.7 Å². The molecule has 5 nitrogen and oxygen atoms in total. The van der Waals surface area contributed by atoms with E-state index in [0.717, 1.165) is 11.3 Å². The molecule has 0 saturated carbocycles. The average molecular weight is 380 g/mol. The number of halogens is 1. The first kappa shape index (κ1) is 19.4. The van der Waals surface area contributed by atoms with E-state index in [1.807, 2.05) is 31.2 Å². The van der Waals surface area contributed by atoms with Crippen molar-refractivity contribution in [2.75, 3.05) is 11.9 Å². The highest BCUT2D eigenvalue weighted by Gasteiger charge is 2.13. The molecular formula is C22H21FN2O3. The molecule has 0 spiro atoms. The predicted octanol–water partition coefficient (Wildman–Crippen LogP) is 4.78. The third-order valence-electron chi connectivity index (χ3n) is 4.06. The summed E-state index contributed by atoms with van der Waals surface area (Å²) in [5, 5.41) is 15.2. The topological polar surface area (TPSA) is 70.6 Å². The highest BCUT2D eigenvalue weighted by molar-refractivity contribution is 5.89. The number of aliphatic hydroxyl groups is 1. The molecule has 144 valence electrons. The van der Waals surface area contributed by atoms with Gasteiger partial charge in [-0.1, -0.05) is 30.3 Å². The average Bonchev–Trinajstić information content (AvgIpc) is 2.68. The van der Waals surface area contributed by atoms with Crippen molar-refractivity contribution >= 4 is 11.7 Å². The number of carbonyl (C=O) groups is 1. The van der Waals surface area contributed by atoms with Crippen LogP contribution in [0.4, 0.5) is 14.9 Å². The second-order valence-corrected chi connectivity index (χ2v) is 6.32. The Balaban J connectivity index is 1.51. The van der Waals surface area contributed by atoms with E-state index in [1.54, 1.807) is 30.3 Å². The van der Waals surface area contributed by atoms with Gasteiger partial charge in [-0.15, -0.1) is 0 Å². The van der Waals surface area contributed by atoms with E-state index in [9.17, 15) is 14.3 Å². The second-order valence-electron chi connectivity index (χ2n) is 6.32. The molecule has 0 aliphatic rings. The first-order valence-corrected chi connectivity index (χ1v) is 8.83. The van der Waals surface area contributed by atoms with Gasteiger partial charge in [0.25, 0.3) is 0 Å². The molecule has 0 aliphatic heterocycles. The Labute approximate surface area is 162 Å². The summed E-state index contributed by atoms with van der Waals surface area (Å²) >= 11 is 0. The third-order valence-corrected chi connectivity index (χ3v) is 4.06. The molecule has 0 radical (unpaired) electrons. The fourth-order valence-corrected chi connectivity index (χ4v) is 2.64. The molecule has 3 aromatic rings. The Hall–Kier alpha value is -3.38. The van der Waals surface area contributed by atoms with Gasteiger partial charge in [0.05, 0.1) is 6.10 Å². The van der Waals surface area contributed by atoms with Gasteiger partial charge < -0.3 is 20.5 Å². The summed E-state index contributed by atoms with van der Waals surface area (Å²) in [5.41, 5.74) is 1.81. The number of aryl methyl sites for hydroxylation is 1. The first-order chi connectivity index (χ1) is 13.5. The van der Waals surface area contributed by atoms with Crippen molar-refractivity contribution in [3.05, 3.63) is 89.7 Å². The minimum absolute atomic E-state index is 0.110. The lowest BCUT2D eigenvalue weighted by atomic mass is 10.1. The third kappa shape index (κ3) is 5.31. The van der Waals surface area contributed by atoms with E-state index in [-0.39, 0.29) is 12.1 Å². The molecule has 0 saturated heterocycles. The summed E-state index contributed by atoms with van der Waals surface area (Å²) in [6, 6.07) is 20.0. The molecule has 0 aliphatic carbocycles. The summed E-state index contributed by atoms with van der Waals surface area (Å²) in [6.07, 6.45) is -1.13. The Morgan fingerprint density at radius 3 is 2.50 bits per heavy atom. The minimum atomic E-state index is -1.13. The van der Waals surface area contributed by atoms with E-state index in [2.05, 4.69) is 10.6 Å². The van der Waals surface area contributed by atoms with Crippen LogP contribution in [0.2, 0.25) is 0 Å². The maximum Gasteiger partial charge on any atom is 0.319 e. The molecule has 3 N–H and O–H groups in total. The Bertz CT molecular complexity index is 945. The normalized spacial score (nSPS) is 11.5. The number of aliphatic hydroxyl groups excluding tert-OH is 1. The molecule has 28 heavy (non-hydrogen) atoms. The molecule has 0 heterocycles. The number of anilines is 1. The minimum Gasteiger partial charge on any atom is -0.457 e. The zero-order valence-electron chi connectivity index (χ0n) is 15.4. The fourth-order valence-electron chi connectivity index (χ4n) is 2.64. The summed E-state index contributed by atoms with van der Waals surface area (Å²) in [5.74, 6) is 0.869. The number of hydrogen-bond acceptors (Lipinski definition) is 3. The fraction of sp³-hybridized carbons (Fsp3) is 0.136. The predicted molar refractivity (Wildman–Crippen MR) is 106 cm³/mol. The Morgan fingerprint density at radius 1 is 1.04 bits per heavy atom. The number of benzene rings is 3. The lowest BCUT2D eigenvalue weighted by Crippen LogP contribution is -2.32. The molecule has 1 unspecified atom stereocenters. The molecule has 0 fully saturated rings. The summed E-state index contributed by atoms with van der Waals surface area (Å²) < 4.78 is 19.4. The van der Waals surface area contributed by atoms with Gasteiger partial charge in [-0.2, -0.15) is 0 Å². The van der Waals surface area contributed by atoms with E-state index in [1.165, 1.54) is 18.2 Å². The SMILES string of the molecule is Cc1cccc(Oc2ccc(NC(=O)NCC(O)c3ccccc3F)cc2)c1. The van der Waals surface area contributed by atoms with Crippen LogP contribution in [0.1, 0.15) is 17.2 Å². The molecule has 3 rings (SSSR count). The van der Waals surface area contributed by atoms with Gasteiger partial charge in [0.2, 0.25) is 0 Å². The molecular weight excluding hydrogens is 359 g/mol. The Morgan fingerprint density at radius 2 is 1.79 bits per heavy atom. The molecule has 6 heteroatoms. The van der Waals surface area contributed by atoms with Crippen molar-refractivity contribution in [2.45, 2.75) is 13.0 Å². The maximum atomic E-state index is 13.6. The van der Waals surface area contributed by atoms with Crippen LogP contribution in [0.3, 0.4) is 0 Å². The van der Waals surface area contributed by atoms with Crippen molar-refractivity contribution < 1.29 is 19.0 Å². The number of hydrogen-bond donors (Lipinski definition) is 3. The smallest absolute Gasteiger partial charge is 0.319 e. The van der Waals surface area contributed by atoms with Gasteiger partial charge >= 0.3 is 6.03 Å². The lowest BCUT2D eigenvalue weighted by Gasteiger charge is -2.14. The van der Waals surface area contributed by atoms with Gasteiger partial charge in [0, 0.05) is 17.8 Å². The van der Waals surface area contributed by atoms with Gasteiger partial charge in [0.15, 0.2) is 0 Å². The highest BCUT2D eigenvalue weighted by Crippen LogP contribution is 2.23. The Kier molecular flexibility index (Phi) is 6.24. The molecule has 3 aromatic carbocycles. The van der Waals surface area contributed by atoms with E-state index >= 15 is 0 Å². The van der Waals surface area contributed by atoms with E-state index in [0.29, 0.717) is 11.4 Å². The van der Waals surface area contributed by atoms with Crippen molar-refractivity contribution in [3.63, 3.8) is 0 Å². The summed E-state index contributed by atoms with van der Waals surface area (Å²) in [7, 11) is 0. The zero-order valence-corrected chi connectivity index (χ0v) is 15.4. The zero-order chi connectivity index (χ0) is 19.9. The van der Waals surface area contributed by atoms with Crippen molar-refractivity contribution in [3.8, 4) is 11.5 Å². The van der Waals surface area contributed by atoms with E-state index in [4.69, 9.17) is 4.74 Å². The number of nitrogens with one attached hydrogen (secondary N) is 2. The van der Waals surface area contributed by atoms with Crippen LogP contribution < -0.4 is 15.4 Å². The molecule has 0 aromatic heterocycles. The quantitative estimate of drug-likeness (QED) is 0.576. The first-order valence-electron chi connectivity index (χ1n) is 8.83. The van der Waals surface area contributed by atoms with Gasteiger partial charge in [-0.25, -0.2) is 9.18 Å². The standard InChI is InChI=1S/C22H21FN2O3/c1-15-5-4-6-18(13-15)28-17-11-9-16(10-12-17)25-22(27)24-14-21(26)19-7-2-3-8-20(19)23/h2-13,21,26H,14H2,1H3,(H2,24,25,27). The van der Waals surface area contributed by atoms with Gasteiger partial charge in [0.1, 0.15) is 17.3 Å². The number of ether oxygens (including phenoxy) is 1. The summed E-state index contributed by atoms with van der Waals surface area (Å²) in [6.45, 7) is 1.88. The number of rotatable bonds is 6. The second kappa shape index (κ2) is 9.01. The van der Waals surface area contributed by atoms with Gasteiger partial charge in [-0.3, -0.25) is 0 Å². The monoisotopic (exact) mass is 380 g/mol. The van der Waals surface area contributed by atoms with Crippen molar-refractivity contribution in [1.82, 2.24) is 5.32 Å². The van der Waals surface area contributed by atoms with Gasteiger partial charge in [-0.05, 0) is 55.0 Å². The number of urea groups is 1. The molecule has 1 atom stereocenters. The molecule has 0 bridgehead atoms. The van der Waals surface area contributed by atoms with Crippen LogP contribution in [0.25, 0.3) is 0 Å². The van der Waals surface area contributed by atoms with Crippen LogP contribution in [0.15, 0.2) is 72.8 Å². The van der Waals surface area contributed by atoms with Crippen LogP contribution in [0, 0.1) is 12.7 Å².